The van der Waals surface area contributed by atoms with Crippen molar-refractivity contribution in [3.63, 3.8) is 0 Å². The van der Waals surface area contributed by atoms with Gasteiger partial charge in [-0.2, -0.15) is 4.31 Å². The molecule has 0 spiro atoms. The van der Waals surface area contributed by atoms with Gasteiger partial charge in [-0.05, 0) is 36.6 Å². The molecule has 0 saturated heterocycles. The van der Waals surface area contributed by atoms with Gasteiger partial charge < -0.3 is 10.1 Å². The summed E-state index contributed by atoms with van der Waals surface area (Å²) in [4.78, 5) is 12.6. The maximum Gasteiger partial charge on any atom is 0.235 e. The SMILES string of the molecule is CC[C@H](NC(=O)CN(Cc1ccccc1F)S(C)(=O)=O)c1ccc(OC)c(C)c1. The number of halogens is 1. The summed E-state index contributed by atoms with van der Waals surface area (Å²) < 4.78 is 44.4. The molecule has 1 amide bonds. The van der Waals surface area contributed by atoms with Crippen LogP contribution in [0.4, 0.5) is 4.39 Å². The zero-order chi connectivity index (χ0) is 21.6. The molecule has 0 aromatic heterocycles. The number of aryl methyl sites for hydroxylation is 1. The maximum absolute atomic E-state index is 13.9. The van der Waals surface area contributed by atoms with Crippen molar-refractivity contribution in [2.75, 3.05) is 19.9 Å². The molecule has 2 rings (SSSR count). The van der Waals surface area contributed by atoms with Gasteiger partial charge in [0.15, 0.2) is 0 Å². The number of carbonyl (C=O) groups is 1. The van der Waals surface area contributed by atoms with Gasteiger partial charge in [0.2, 0.25) is 15.9 Å². The molecule has 0 bridgehead atoms. The number of nitrogens with one attached hydrogen (secondary N) is 1. The van der Waals surface area contributed by atoms with E-state index in [1.165, 1.54) is 18.2 Å². The average molecular weight is 423 g/mol. The summed E-state index contributed by atoms with van der Waals surface area (Å²) in [6.07, 6.45) is 1.63. The van der Waals surface area contributed by atoms with Gasteiger partial charge in [-0.3, -0.25) is 4.79 Å². The summed E-state index contributed by atoms with van der Waals surface area (Å²) in [7, 11) is -2.11. The zero-order valence-electron chi connectivity index (χ0n) is 17.1. The van der Waals surface area contributed by atoms with Crippen LogP contribution in [-0.2, 0) is 21.4 Å². The summed E-state index contributed by atoms with van der Waals surface area (Å²) in [5.74, 6) is -0.211. The molecule has 0 fully saturated rings. The number of ether oxygens (including phenoxy) is 1. The minimum atomic E-state index is -3.71. The summed E-state index contributed by atoms with van der Waals surface area (Å²) in [5.41, 5.74) is 2.05. The van der Waals surface area contributed by atoms with E-state index in [0.29, 0.717) is 6.42 Å². The first-order valence-electron chi connectivity index (χ1n) is 9.28. The summed E-state index contributed by atoms with van der Waals surface area (Å²) in [6, 6.07) is 11.3. The van der Waals surface area contributed by atoms with Gasteiger partial charge in [-0.15, -0.1) is 0 Å². The van der Waals surface area contributed by atoms with E-state index >= 15 is 0 Å². The third kappa shape index (κ3) is 6.27. The quantitative estimate of drug-likeness (QED) is 0.674. The summed E-state index contributed by atoms with van der Waals surface area (Å²) in [6.45, 7) is 3.24. The number of carbonyl (C=O) groups excluding carboxylic acids is 1. The van der Waals surface area contributed by atoms with Crippen molar-refractivity contribution in [3.8, 4) is 5.75 Å². The Bertz CT molecular complexity index is 963. The fourth-order valence-corrected chi connectivity index (χ4v) is 3.77. The van der Waals surface area contributed by atoms with Crippen LogP contribution in [0.25, 0.3) is 0 Å². The summed E-state index contributed by atoms with van der Waals surface area (Å²) in [5, 5.41) is 2.87. The van der Waals surface area contributed by atoms with Crippen LogP contribution in [-0.4, -0.2) is 38.5 Å². The Hall–Kier alpha value is -2.45. The number of hydrogen-bond acceptors (Lipinski definition) is 4. The highest BCUT2D eigenvalue weighted by atomic mass is 32.2. The highest BCUT2D eigenvalue weighted by molar-refractivity contribution is 7.88. The van der Waals surface area contributed by atoms with Gasteiger partial charge >= 0.3 is 0 Å². The molecular formula is C21H27FN2O4S. The van der Waals surface area contributed by atoms with Gasteiger partial charge in [0.05, 0.1) is 26.0 Å². The van der Waals surface area contributed by atoms with E-state index < -0.39 is 28.3 Å². The van der Waals surface area contributed by atoms with Crippen LogP contribution >= 0.6 is 0 Å². The number of methoxy groups -OCH3 is 1. The standard InChI is InChI=1S/C21H27FN2O4S/c1-5-19(16-10-11-20(28-3)15(2)12-16)23-21(25)14-24(29(4,26)27)13-17-8-6-7-9-18(17)22/h6-12,19H,5,13-14H2,1-4H3,(H,23,25)/t19-/m0/s1. The van der Waals surface area contributed by atoms with Crippen molar-refractivity contribution in [1.29, 1.82) is 0 Å². The van der Waals surface area contributed by atoms with Gasteiger partial charge in [-0.1, -0.05) is 37.3 Å². The molecule has 2 aromatic rings. The van der Waals surface area contributed by atoms with Gasteiger partial charge in [0.1, 0.15) is 11.6 Å². The minimum Gasteiger partial charge on any atom is -0.496 e. The molecule has 1 N–H and O–H groups in total. The Morgan fingerprint density at radius 2 is 1.93 bits per heavy atom. The Morgan fingerprint density at radius 1 is 1.24 bits per heavy atom. The van der Waals surface area contributed by atoms with Crippen LogP contribution in [0.15, 0.2) is 42.5 Å². The van der Waals surface area contributed by atoms with Crippen molar-refractivity contribution >= 4 is 15.9 Å². The highest BCUT2D eigenvalue weighted by Crippen LogP contribution is 2.24. The normalized spacial score (nSPS) is 12.6. The Morgan fingerprint density at radius 3 is 2.48 bits per heavy atom. The molecule has 0 radical (unpaired) electrons. The number of hydrogen-bond donors (Lipinski definition) is 1. The lowest BCUT2D eigenvalue weighted by atomic mass is 10.0. The lowest BCUT2D eigenvalue weighted by Crippen LogP contribution is -2.41. The molecule has 8 heteroatoms. The van der Waals surface area contributed by atoms with Gasteiger partial charge in [0, 0.05) is 12.1 Å². The second-order valence-electron chi connectivity index (χ2n) is 6.88. The van der Waals surface area contributed by atoms with E-state index in [-0.39, 0.29) is 18.2 Å². The lowest BCUT2D eigenvalue weighted by Gasteiger charge is -2.23. The van der Waals surface area contributed by atoms with Gasteiger partial charge in [-0.25, -0.2) is 12.8 Å². The summed E-state index contributed by atoms with van der Waals surface area (Å²) >= 11 is 0. The van der Waals surface area contributed by atoms with E-state index in [0.717, 1.165) is 27.4 Å². The first-order valence-corrected chi connectivity index (χ1v) is 11.1. The maximum atomic E-state index is 13.9. The predicted molar refractivity (Wildman–Crippen MR) is 111 cm³/mol. The van der Waals surface area contributed by atoms with Crippen LogP contribution in [0.2, 0.25) is 0 Å². The first-order chi connectivity index (χ1) is 13.7. The van der Waals surface area contributed by atoms with Gasteiger partial charge in [0.25, 0.3) is 0 Å². The Kier molecular flexibility index (Phi) is 7.75. The number of sulfonamides is 1. The smallest absolute Gasteiger partial charge is 0.235 e. The molecule has 0 unspecified atom stereocenters. The van der Waals surface area contributed by atoms with Crippen LogP contribution in [0, 0.1) is 12.7 Å². The van der Waals surface area contributed by atoms with E-state index in [1.807, 2.05) is 32.0 Å². The third-order valence-electron chi connectivity index (χ3n) is 4.66. The van der Waals surface area contributed by atoms with E-state index in [1.54, 1.807) is 13.2 Å². The molecule has 29 heavy (non-hydrogen) atoms. The van der Waals surface area contributed by atoms with Crippen molar-refractivity contribution < 1.29 is 22.3 Å². The Labute approximate surface area is 171 Å². The molecule has 0 aliphatic rings. The molecule has 6 nitrogen and oxygen atoms in total. The largest absolute Gasteiger partial charge is 0.496 e. The third-order valence-corrected chi connectivity index (χ3v) is 5.85. The number of benzene rings is 2. The average Bonchev–Trinajstić information content (AvgIpc) is 2.66. The monoisotopic (exact) mass is 422 g/mol. The van der Waals surface area contributed by atoms with Crippen LogP contribution < -0.4 is 10.1 Å². The van der Waals surface area contributed by atoms with Crippen LogP contribution in [0.3, 0.4) is 0 Å². The van der Waals surface area contributed by atoms with Crippen LogP contribution in [0.1, 0.15) is 36.1 Å². The van der Waals surface area contributed by atoms with E-state index in [9.17, 15) is 17.6 Å². The topological polar surface area (TPSA) is 75.7 Å². The molecule has 0 aliphatic heterocycles. The molecule has 0 aliphatic carbocycles. The Balaban J connectivity index is 2.14. The predicted octanol–water partition coefficient (Wildman–Crippen LogP) is 3.17. The van der Waals surface area contributed by atoms with Crippen molar-refractivity contribution in [2.45, 2.75) is 32.9 Å². The second kappa shape index (κ2) is 9.84. The molecule has 2 aromatic carbocycles. The number of rotatable bonds is 9. The molecule has 0 saturated carbocycles. The molecule has 1 atom stereocenters. The number of nitrogens with zero attached hydrogens (tertiary/aromatic N) is 1. The van der Waals surface area contributed by atoms with Crippen molar-refractivity contribution in [2.24, 2.45) is 0 Å². The highest BCUT2D eigenvalue weighted by Gasteiger charge is 2.23. The second-order valence-corrected chi connectivity index (χ2v) is 8.86. The van der Waals surface area contributed by atoms with Crippen LogP contribution in [0.5, 0.6) is 5.75 Å². The first kappa shape index (κ1) is 22.8. The molecule has 0 heterocycles. The van der Waals surface area contributed by atoms with Crippen molar-refractivity contribution in [3.05, 3.63) is 65.0 Å². The van der Waals surface area contributed by atoms with E-state index in [4.69, 9.17) is 4.74 Å². The fourth-order valence-electron chi connectivity index (χ4n) is 3.05. The zero-order valence-corrected chi connectivity index (χ0v) is 17.9. The van der Waals surface area contributed by atoms with Crippen molar-refractivity contribution in [1.82, 2.24) is 9.62 Å². The molecule has 158 valence electrons. The lowest BCUT2D eigenvalue weighted by molar-refractivity contribution is -0.122. The number of amides is 1. The minimum absolute atomic E-state index is 0.211. The molecular weight excluding hydrogens is 395 g/mol. The fraction of sp³-hybridized carbons (Fsp3) is 0.381. The van der Waals surface area contributed by atoms with E-state index in [2.05, 4.69) is 5.32 Å².